The molecule has 0 aromatic carbocycles. The minimum Gasteiger partial charge on any atom is -0.353 e. The van der Waals surface area contributed by atoms with Crippen LogP contribution in [-0.2, 0) is 6.54 Å². The summed E-state index contributed by atoms with van der Waals surface area (Å²) in [6, 6.07) is 0.510. The van der Waals surface area contributed by atoms with Crippen LogP contribution in [0.25, 0.3) is 0 Å². The van der Waals surface area contributed by atoms with Crippen LogP contribution in [0.15, 0.2) is 18.9 Å². The summed E-state index contributed by atoms with van der Waals surface area (Å²) in [6.45, 7) is 8.95. The number of allylic oxidation sites excluding steroid dienone is 1. The van der Waals surface area contributed by atoms with Crippen molar-refractivity contribution in [2.75, 3.05) is 5.32 Å². The Hall–Kier alpha value is -1.25. The molecular weight excluding hydrogens is 222 g/mol. The summed E-state index contributed by atoms with van der Waals surface area (Å²) in [5.41, 5.74) is 1.06. The molecule has 1 aromatic heterocycles. The number of nitrogens with one attached hydrogen (secondary N) is 1. The van der Waals surface area contributed by atoms with Crippen molar-refractivity contribution in [3.8, 4) is 0 Å². The molecule has 100 valence electrons. The van der Waals surface area contributed by atoms with E-state index in [1.807, 2.05) is 13.0 Å². The Bertz CT molecular complexity index is 388. The highest BCUT2D eigenvalue weighted by atomic mass is 15.2. The summed E-state index contributed by atoms with van der Waals surface area (Å²) in [5.74, 6) is 1.79. The van der Waals surface area contributed by atoms with E-state index in [1.165, 1.54) is 32.1 Å². The largest absolute Gasteiger partial charge is 0.353 e. The van der Waals surface area contributed by atoms with Gasteiger partial charge in [0.25, 0.3) is 0 Å². The van der Waals surface area contributed by atoms with Crippen LogP contribution in [0.5, 0.6) is 0 Å². The van der Waals surface area contributed by atoms with Crippen LogP contribution in [0.3, 0.4) is 0 Å². The summed E-state index contributed by atoms with van der Waals surface area (Å²) in [4.78, 5) is 4.57. The zero-order valence-corrected chi connectivity index (χ0v) is 11.7. The van der Waals surface area contributed by atoms with E-state index in [9.17, 15) is 0 Å². The molecule has 1 heterocycles. The van der Waals surface area contributed by atoms with Crippen molar-refractivity contribution >= 4 is 5.95 Å². The molecule has 3 heteroatoms. The fraction of sp³-hybridized carbons (Fsp3) is 0.667. The Kier molecular flexibility index (Phi) is 4.45. The standard InChI is InChI=1S/C15H25N3/c1-4-10-18-11-12(2)16-15(18)17-13(3)14-8-6-5-7-9-14/h4,11,13-14H,1,5-10H2,2-3H3,(H,16,17). The van der Waals surface area contributed by atoms with Gasteiger partial charge in [0.2, 0.25) is 5.95 Å². The third kappa shape index (κ3) is 3.15. The quantitative estimate of drug-likeness (QED) is 0.803. The highest BCUT2D eigenvalue weighted by molar-refractivity contribution is 5.30. The zero-order valence-electron chi connectivity index (χ0n) is 11.7. The molecule has 1 aliphatic carbocycles. The van der Waals surface area contributed by atoms with E-state index in [-0.39, 0.29) is 0 Å². The van der Waals surface area contributed by atoms with Gasteiger partial charge in [0.1, 0.15) is 0 Å². The maximum Gasteiger partial charge on any atom is 0.203 e. The number of hydrogen-bond donors (Lipinski definition) is 1. The summed E-state index contributed by atoms with van der Waals surface area (Å²) < 4.78 is 2.14. The van der Waals surface area contributed by atoms with Gasteiger partial charge >= 0.3 is 0 Å². The smallest absolute Gasteiger partial charge is 0.203 e. The van der Waals surface area contributed by atoms with Gasteiger partial charge in [0, 0.05) is 18.8 Å². The van der Waals surface area contributed by atoms with Crippen molar-refractivity contribution in [2.24, 2.45) is 5.92 Å². The van der Waals surface area contributed by atoms with Gasteiger partial charge in [-0.15, -0.1) is 6.58 Å². The molecule has 1 atom stereocenters. The SMILES string of the molecule is C=CCn1cc(C)nc1NC(C)C1CCCCC1. The Morgan fingerprint density at radius 1 is 1.50 bits per heavy atom. The zero-order chi connectivity index (χ0) is 13.0. The summed E-state index contributed by atoms with van der Waals surface area (Å²) >= 11 is 0. The minimum absolute atomic E-state index is 0.510. The highest BCUT2D eigenvalue weighted by Crippen LogP contribution is 2.27. The van der Waals surface area contributed by atoms with Crippen molar-refractivity contribution in [1.82, 2.24) is 9.55 Å². The molecule has 1 unspecified atom stereocenters. The van der Waals surface area contributed by atoms with E-state index >= 15 is 0 Å². The lowest BCUT2D eigenvalue weighted by atomic mass is 9.85. The van der Waals surface area contributed by atoms with E-state index in [2.05, 4.69) is 34.6 Å². The lowest BCUT2D eigenvalue weighted by Crippen LogP contribution is -2.29. The van der Waals surface area contributed by atoms with E-state index in [4.69, 9.17) is 0 Å². The first-order valence-electron chi connectivity index (χ1n) is 7.12. The number of aryl methyl sites for hydroxylation is 1. The topological polar surface area (TPSA) is 29.9 Å². The van der Waals surface area contributed by atoms with Crippen LogP contribution < -0.4 is 5.32 Å². The lowest BCUT2D eigenvalue weighted by Gasteiger charge is -2.28. The van der Waals surface area contributed by atoms with Crippen LogP contribution in [0, 0.1) is 12.8 Å². The van der Waals surface area contributed by atoms with Crippen molar-refractivity contribution in [2.45, 2.75) is 58.5 Å². The number of rotatable bonds is 5. The average molecular weight is 247 g/mol. The number of nitrogens with zero attached hydrogens (tertiary/aromatic N) is 2. The monoisotopic (exact) mass is 247 g/mol. The van der Waals surface area contributed by atoms with Gasteiger partial charge in [-0.05, 0) is 32.6 Å². The summed E-state index contributed by atoms with van der Waals surface area (Å²) in [7, 11) is 0. The van der Waals surface area contributed by atoms with Gasteiger partial charge in [-0.1, -0.05) is 25.3 Å². The molecule has 1 saturated carbocycles. The Balaban J connectivity index is 2.00. The van der Waals surface area contributed by atoms with Crippen molar-refractivity contribution in [1.29, 1.82) is 0 Å². The first kappa shape index (κ1) is 13.2. The van der Waals surface area contributed by atoms with Crippen LogP contribution in [-0.4, -0.2) is 15.6 Å². The van der Waals surface area contributed by atoms with Crippen molar-refractivity contribution in [3.05, 3.63) is 24.5 Å². The maximum atomic E-state index is 4.57. The first-order valence-corrected chi connectivity index (χ1v) is 7.12. The van der Waals surface area contributed by atoms with Crippen molar-refractivity contribution in [3.63, 3.8) is 0 Å². The Morgan fingerprint density at radius 3 is 2.89 bits per heavy atom. The van der Waals surface area contributed by atoms with Crippen LogP contribution in [0.2, 0.25) is 0 Å². The molecule has 3 nitrogen and oxygen atoms in total. The predicted molar refractivity (Wildman–Crippen MR) is 76.8 cm³/mol. The summed E-state index contributed by atoms with van der Waals surface area (Å²) in [5, 5.41) is 3.59. The first-order chi connectivity index (χ1) is 8.70. The second-order valence-corrected chi connectivity index (χ2v) is 5.48. The maximum absolute atomic E-state index is 4.57. The molecule has 1 N–H and O–H groups in total. The number of hydrogen-bond acceptors (Lipinski definition) is 2. The van der Waals surface area contributed by atoms with Crippen LogP contribution in [0.1, 0.15) is 44.7 Å². The normalized spacial score (nSPS) is 18.6. The predicted octanol–water partition coefficient (Wildman–Crippen LogP) is 3.76. The van der Waals surface area contributed by atoms with Gasteiger partial charge in [-0.3, -0.25) is 0 Å². The number of anilines is 1. The molecule has 0 amide bonds. The summed E-state index contributed by atoms with van der Waals surface area (Å²) in [6.07, 6.45) is 10.9. The molecule has 0 aliphatic heterocycles. The van der Waals surface area contributed by atoms with Crippen LogP contribution in [0.4, 0.5) is 5.95 Å². The third-order valence-corrected chi connectivity index (χ3v) is 3.94. The van der Waals surface area contributed by atoms with Gasteiger partial charge < -0.3 is 9.88 Å². The van der Waals surface area contributed by atoms with Gasteiger partial charge in [-0.2, -0.15) is 0 Å². The number of imidazole rings is 1. The fourth-order valence-electron chi connectivity index (χ4n) is 2.90. The molecular formula is C15H25N3. The van der Waals surface area contributed by atoms with E-state index in [1.54, 1.807) is 0 Å². The van der Waals surface area contributed by atoms with Gasteiger partial charge in [0.05, 0.1) is 5.69 Å². The van der Waals surface area contributed by atoms with Gasteiger partial charge in [-0.25, -0.2) is 4.98 Å². The van der Waals surface area contributed by atoms with E-state index < -0.39 is 0 Å². The molecule has 1 aliphatic rings. The Labute approximate surface area is 110 Å². The van der Waals surface area contributed by atoms with Crippen LogP contribution >= 0.6 is 0 Å². The second-order valence-electron chi connectivity index (χ2n) is 5.48. The fourth-order valence-corrected chi connectivity index (χ4v) is 2.90. The van der Waals surface area contributed by atoms with E-state index in [0.29, 0.717) is 6.04 Å². The molecule has 18 heavy (non-hydrogen) atoms. The molecule has 1 fully saturated rings. The lowest BCUT2D eigenvalue weighted by molar-refractivity contribution is 0.327. The minimum atomic E-state index is 0.510. The molecule has 1 aromatic rings. The van der Waals surface area contributed by atoms with Crippen molar-refractivity contribution < 1.29 is 0 Å². The molecule has 0 spiro atoms. The molecule has 2 rings (SSSR count). The molecule has 0 saturated heterocycles. The molecule has 0 radical (unpaired) electrons. The Morgan fingerprint density at radius 2 is 2.22 bits per heavy atom. The highest BCUT2D eigenvalue weighted by Gasteiger charge is 2.21. The molecule has 0 bridgehead atoms. The third-order valence-electron chi connectivity index (χ3n) is 3.94. The number of aromatic nitrogens is 2. The van der Waals surface area contributed by atoms with E-state index in [0.717, 1.165) is 24.1 Å². The second kappa shape index (κ2) is 6.07. The average Bonchev–Trinajstić information content (AvgIpc) is 2.71. The van der Waals surface area contributed by atoms with Gasteiger partial charge in [0.15, 0.2) is 0 Å².